The average molecular weight is 283 g/mol. The van der Waals surface area contributed by atoms with Gasteiger partial charge in [-0.15, -0.1) is 0 Å². The second kappa shape index (κ2) is 5.16. The molecule has 0 amide bonds. The van der Waals surface area contributed by atoms with Crippen molar-refractivity contribution >= 4 is 17.2 Å². The van der Waals surface area contributed by atoms with E-state index in [0.29, 0.717) is 22.8 Å². The van der Waals surface area contributed by atoms with Gasteiger partial charge in [0.1, 0.15) is 17.9 Å². The summed E-state index contributed by atoms with van der Waals surface area (Å²) in [6.45, 7) is 0.155. The molecule has 1 aromatic carbocycles. The van der Waals surface area contributed by atoms with Gasteiger partial charge in [0.2, 0.25) is 0 Å². The number of anilines is 1. The van der Waals surface area contributed by atoms with Crippen molar-refractivity contribution in [1.82, 2.24) is 9.38 Å². The lowest BCUT2D eigenvalue weighted by Crippen LogP contribution is -2.01. The van der Waals surface area contributed by atoms with Crippen LogP contribution in [-0.2, 0) is 6.61 Å². The predicted octanol–water partition coefficient (Wildman–Crippen LogP) is 2.19. The molecule has 3 rings (SSSR count). The molecule has 0 aliphatic heterocycles. The number of benzene rings is 1. The molecule has 0 unspecified atom stereocenters. The number of nitrogens with two attached hydrogens (primary N) is 1. The average Bonchev–Trinajstić information content (AvgIpc) is 2.87. The number of para-hydroxylation sites is 1. The summed E-state index contributed by atoms with van der Waals surface area (Å²) in [6, 6.07) is 12.6. The molecule has 0 saturated carbocycles. The van der Waals surface area contributed by atoms with Gasteiger partial charge in [-0.2, -0.15) is 0 Å². The van der Waals surface area contributed by atoms with Gasteiger partial charge in [0.15, 0.2) is 11.5 Å². The van der Waals surface area contributed by atoms with Crippen LogP contribution >= 0.6 is 0 Å². The van der Waals surface area contributed by atoms with E-state index < -0.39 is 5.97 Å². The van der Waals surface area contributed by atoms with E-state index in [1.165, 1.54) is 0 Å². The number of ether oxygens (including phenoxy) is 1. The third-order valence-electron chi connectivity index (χ3n) is 3.08. The van der Waals surface area contributed by atoms with Gasteiger partial charge in [-0.25, -0.2) is 9.78 Å². The Bertz CT molecular complexity index is 797. The topological polar surface area (TPSA) is 89.9 Å². The first-order chi connectivity index (χ1) is 10.2. The van der Waals surface area contributed by atoms with Crippen molar-refractivity contribution in [3.8, 4) is 5.75 Å². The number of imidazole rings is 1. The SMILES string of the molecule is Nc1cccn2c(COc3ccccc3)nc(C(=O)O)c12. The number of carboxylic acid groups (broad SMARTS) is 1. The third-order valence-corrected chi connectivity index (χ3v) is 3.08. The second-order valence-electron chi connectivity index (χ2n) is 4.47. The molecular weight excluding hydrogens is 270 g/mol. The molecule has 0 atom stereocenters. The molecule has 6 heteroatoms. The molecule has 3 aromatic rings. The molecule has 0 saturated heterocycles. The molecule has 21 heavy (non-hydrogen) atoms. The minimum atomic E-state index is -1.11. The van der Waals surface area contributed by atoms with E-state index in [-0.39, 0.29) is 12.3 Å². The summed E-state index contributed by atoms with van der Waals surface area (Å²) in [5, 5.41) is 9.23. The molecule has 2 heterocycles. The monoisotopic (exact) mass is 283 g/mol. The smallest absolute Gasteiger partial charge is 0.356 e. The van der Waals surface area contributed by atoms with Crippen molar-refractivity contribution in [3.63, 3.8) is 0 Å². The number of carboxylic acids is 1. The molecular formula is C15H13N3O3. The lowest BCUT2D eigenvalue weighted by atomic mass is 10.3. The second-order valence-corrected chi connectivity index (χ2v) is 4.47. The van der Waals surface area contributed by atoms with E-state index in [1.807, 2.05) is 30.3 Å². The number of pyridine rings is 1. The van der Waals surface area contributed by atoms with Gasteiger partial charge in [0, 0.05) is 6.20 Å². The zero-order valence-corrected chi connectivity index (χ0v) is 11.1. The molecule has 0 aliphatic carbocycles. The van der Waals surface area contributed by atoms with Crippen LogP contribution in [0, 0.1) is 0 Å². The lowest BCUT2D eigenvalue weighted by molar-refractivity contribution is 0.0693. The van der Waals surface area contributed by atoms with Crippen LogP contribution in [0.15, 0.2) is 48.7 Å². The highest BCUT2D eigenvalue weighted by Crippen LogP contribution is 2.21. The molecule has 2 aromatic heterocycles. The molecule has 0 aliphatic rings. The predicted molar refractivity (Wildman–Crippen MR) is 77.3 cm³/mol. The van der Waals surface area contributed by atoms with Crippen molar-refractivity contribution < 1.29 is 14.6 Å². The van der Waals surface area contributed by atoms with E-state index in [4.69, 9.17) is 10.5 Å². The van der Waals surface area contributed by atoms with Crippen LogP contribution in [-0.4, -0.2) is 20.5 Å². The van der Waals surface area contributed by atoms with Crippen molar-refractivity contribution in [2.24, 2.45) is 0 Å². The van der Waals surface area contributed by atoms with Gasteiger partial charge < -0.3 is 15.6 Å². The van der Waals surface area contributed by atoms with E-state index in [1.54, 1.807) is 22.7 Å². The summed E-state index contributed by atoms with van der Waals surface area (Å²) >= 11 is 0. The molecule has 0 fully saturated rings. The number of fused-ring (bicyclic) bond motifs is 1. The number of rotatable bonds is 4. The van der Waals surface area contributed by atoms with Crippen molar-refractivity contribution in [2.75, 3.05) is 5.73 Å². The fourth-order valence-corrected chi connectivity index (χ4v) is 2.14. The van der Waals surface area contributed by atoms with Crippen molar-refractivity contribution in [2.45, 2.75) is 6.61 Å². The zero-order chi connectivity index (χ0) is 14.8. The summed E-state index contributed by atoms with van der Waals surface area (Å²) in [6.07, 6.45) is 1.72. The Balaban J connectivity index is 1.99. The molecule has 0 bridgehead atoms. The molecule has 0 radical (unpaired) electrons. The van der Waals surface area contributed by atoms with Gasteiger partial charge in [-0.3, -0.25) is 4.40 Å². The standard InChI is InChI=1S/C15H13N3O3/c16-11-7-4-8-18-12(17-13(14(11)18)15(19)20)9-21-10-5-2-1-3-6-10/h1-8H,9,16H2,(H,19,20). The Kier molecular flexibility index (Phi) is 3.19. The number of nitrogen functional groups attached to an aromatic ring is 1. The quantitative estimate of drug-likeness (QED) is 0.766. The molecule has 6 nitrogen and oxygen atoms in total. The highest BCUT2D eigenvalue weighted by molar-refractivity contribution is 5.97. The van der Waals surface area contributed by atoms with E-state index in [0.717, 1.165) is 0 Å². The molecule has 3 N–H and O–H groups in total. The zero-order valence-electron chi connectivity index (χ0n) is 11.1. The maximum Gasteiger partial charge on any atom is 0.356 e. The lowest BCUT2D eigenvalue weighted by Gasteiger charge is -2.05. The van der Waals surface area contributed by atoms with Gasteiger partial charge in [0.05, 0.1) is 5.69 Å². The first-order valence-corrected chi connectivity index (χ1v) is 6.33. The summed E-state index contributed by atoms with van der Waals surface area (Å²) in [5.41, 5.74) is 6.54. The normalized spacial score (nSPS) is 10.7. The first kappa shape index (κ1) is 13.0. The van der Waals surface area contributed by atoms with Crippen LogP contribution in [0.3, 0.4) is 0 Å². The summed E-state index contributed by atoms with van der Waals surface area (Å²) < 4.78 is 7.26. The number of nitrogens with zero attached hydrogens (tertiary/aromatic N) is 2. The summed E-state index contributed by atoms with van der Waals surface area (Å²) in [7, 11) is 0. The minimum absolute atomic E-state index is 0.0697. The summed E-state index contributed by atoms with van der Waals surface area (Å²) in [5.74, 6) is 0.0601. The number of aromatic carboxylic acids is 1. The third kappa shape index (κ3) is 2.38. The van der Waals surface area contributed by atoms with Crippen molar-refractivity contribution in [1.29, 1.82) is 0 Å². The number of hydrogen-bond donors (Lipinski definition) is 2. The van der Waals surface area contributed by atoms with Crippen LogP contribution < -0.4 is 10.5 Å². The number of carbonyl (C=O) groups is 1. The summed E-state index contributed by atoms with van der Waals surface area (Å²) in [4.78, 5) is 15.4. The Hall–Kier alpha value is -3.02. The minimum Gasteiger partial charge on any atom is -0.486 e. The highest BCUT2D eigenvalue weighted by atomic mass is 16.5. The Morgan fingerprint density at radius 3 is 2.71 bits per heavy atom. The fourth-order valence-electron chi connectivity index (χ4n) is 2.14. The van der Waals surface area contributed by atoms with E-state index >= 15 is 0 Å². The Labute approximate surface area is 120 Å². The fraction of sp³-hybridized carbons (Fsp3) is 0.0667. The largest absolute Gasteiger partial charge is 0.486 e. The Morgan fingerprint density at radius 2 is 2.00 bits per heavy atom. The van der Waals surface area contributed by atoms with Gasteiger partial charge in [-0.05, 0) is 24.3 Å². The van der Waals surface area contributed by atoms with Crippen LogP contribution in [0.5, 0.6) is 5.75 Å². The van der Waals surface area contributed by atoms with Crippen LogP contribution in [0.25, 0.3) is 5.52 Å². The van der Waals surface area contributed by atoms with Gasteiger partial charge >= 0.3 is 5.97 Å². The van der Waals surface area contributed by atoms with Gasteiger partial charge in [-0.1, -0.05) is 18.2 Å². The Morgan fingerprint density at radius 1 is 1.24 bits per heavy atom. The number of aromatic nitrogens is 2. The van der Waals surface area contributed by atoms with Gasteiger partial charge in [0.25, 0.3) is 0 Å². The van der Waals surface area contributed by atoms with Crippen LogP contribution in [0.2, 0.25) is 0 Å². The molecule has 0 spiro atoms. The molecule has 106 valence electrons. The maximum absolute atomic E-state index is 11.3. The van der Waals surface area contributed by atoms with Crippen molar-refractivity contribution in [3.05, 3.63) is 60.2 Å². The highest BCUT2D eigenvalue weighted by Gasteiger charge is 2.18. The van der Waals surface area contributed by atoms with E-state index in [9.17, 15) is 9.90 Å². The maximum atomic E-state index is 11.3. The van der Waals surface area contributed by atoms with E-state index in [2.05, 4.69) is 4.98 Å². The number of hydrogen-bond acceptors (Lipinski definition) is 4. The van der Waals surface area contributed by atoms with Crippen LogP contribution in [0.4, 0.5) is 5.69 Å². The van der Waals surface area contributed by atoms with Crippen LogP contribution in [0.1, 0.15) is 16.3 Å². The first-order valence-electron chi connectivity index (χ1n) is 6.33.